The molecule has 1 aromatic carbocycles. The monoisotopic (exact) mass is 262 g/mol. The predicted octanol–water partition coefficient (Wildman–Crippen LogP) is 1.93. The molecule has 4 nitrogen and oxygen atoms in total. The molecule has 16 heavy (non-hydrogen) atoms. The van der Waals surface area contributed by atoms with Gasteiger partial charge in [-0.25, -0.2) is 8.42 Å². The minimum atomic E-state index is -3.38. The van der Waals surface area contributed by atoms with Gasteiger partial charge in [0.25, 0.3) is 0 Å². The van der Waals surface area contributed by atoms with Crippen LogP contribution in [0.25, 0.3) is 0 Å². The summed E-state index contributed by atoms with van der Waals surface area (Å²) in [6.45, 7) is 1.51. The fourth-order valence-corrected chi connectivity index (χ4v) is 2.57. The summed E-state index contributed by atoms with van der Waals surface area (Å²) < 4.78 is 22.5. The van der Waals surface area contributed by atoms with Crippen molar-refractivity contribution in [1.29, 1.82) is 0 Å². The second-order valence-electron chi connectivity index (χ2n) is 3.52. The first-order valence-electron chi connectivity index (χ1n) is 4.46. The van der Waals surface area contributed by atoms with Gasteiger partial charge in [-0.1, -0.05) is 17.7 Å². The Morgan fingerprint density at radius 2 is 2.00 bits per heavy atom. The third-order valence-corrected chi connectivity index (χ3v) is 3.81. The summed E-state index contributed by atoms with van der Waals surface area (Å²) in [4.78, 5) is 10.7. The number of hydrogen-bond acceptors (Lipinski definition) is 3. The molecule has 0 fully saturated rings. The number of carboxylic acid groups (broad SMARTS) is 1. The Balaban J connectivity index is 3.25. The largest absolute Gasteiger partial charge is 0.481 e. The molecular formula is C10H11ClO4S. The van der Waals surface area contributed by atoms with Gasteiger partial charge in [-0.15, -0.1) is 0 Å². The maximum Gasteiger partial charge on any atom is 0.310 e. The van der Waals surface area contributed by atoms with Crippen LogP contribution in [0.4, 0.5) is 0 Å². The van der Waals surface area contributed by atoms with Gasteiger partial charge in [-0.05, 0) is 24.6 Å². The standard InChI is InChI=1S/C10H11ClO4S/c1-6(10(12)13)7-3-4-9(8(11)5-7)16(2,14)15/h3-6H,1-2H3,(H,12,13). The van der Waals surface area contributed by atoms with Crippen LogP contribution in [0.2, 0.25) is 5.02 Å². The fourth-order valence-electron chi connectivity index (χ4n) is 1.23. The van der Waals surface area contributed by atoms with Gasteiger partial charge in [0.05, 0.1) is 15.8 Å². The van der Waals surface area contributed by atoms with Crippen LogP contribution in [0.3, 0.4) is 0 Å². The zero-order valence-corrected chi connectivity index (χ0v) is 10.3. The molecule has 1 aromatic rings. The van der Waals surface area contributed by atoms with Gasteiger partial charge in [0.2, 0.25) is 0 Å². The number of rotatable bonds is 3. The minimum Gasteiger partial charge on any atom is -0.481 e. The third-order valence-electron chi connectivity index (χ3n) is 2.23. The number of hydrogen-bond donors (Lipinski definition) is 1. The lowest BCUT2D eigenvalue weighted by Crippen LogP contribution is -2.08. The molecule has 1 unspecified atom stereocenters. The summed E-state index contributed by atoms with van der Waals surface area (Å²) in [5.41, 5.74) is 0.477. The molecule has 6 heteroatoms. The molecule has 0 saturated heterocycles. The van der Waals surface area contributed by atoms with Crippen molar-refractivity contribution >= 4 is 27.4 Å². The number of carbonyl (C=O) groups is 1. The van der Waals surface area contributed by atoms with E-state index in [-0.39, 0.29) is 9.92 Å². The van der Waals surface area contributed by atoms with Crippen molar-refractivity contribution in [2.24, 2.45) is 0 Å². The van der Waals surface area contributed by atoms with Crippen molar-refractivity contribution in [3.05, 3.63) is 28.8 Å². The summed E-state index contributed by atoms with van der Waals surface area (Å²) in [6.07, 6.45) is 1.05. The SMILES string of the molecule is CC(C(=O)O)c1ccc(S(C)(=O)=O)c(Cl)c1. The average Bonchev–Trinajstić information content (AvgIpc) is 2.14. The Bertz CT molecular complexity index is 522. The van der Waals surface area contributed by atoms with Crippen molar-refractivity contribution in [3.8, 4) is 0 Å². The van der Waals surface area contributed by atoms with E-state index in [9.17, 15) is 13.2 Å². The van der Waals surface area contributed by atoms with E-state index < -0.39 is 21.7 Å². The van der Waals surface area contributed by atoms with Crippen LogP contribution in [-0.4, -0.2) is 25.7 Å². The predicted molar refractivity (Wildman–Crippen MR) is 60.6 cm³/mol. The highest BCUT2D eigenvalue weighted by atomic mass is 35.5. The van der Waals surface area contributed by atoms with E-state index in [4.69, 9.17) is 16.7 Å². The highest BCUT2D eigenvalue weighted by Crippen LogP contribution is 2.26. The number of aliphatic carboxylic acids is 1. The lowest BCUT2D eigenvalue weighted by atomic mass is 10.0. The van der Waals surface area contributed by atoms with Crippen LogP contribution >= 0.6 is 11.6 Å². The Labute approximate surface area is 98.8 Å². The first-order valence-corrected chi connectivity index (χ1v) is 6.72. The molecule has 0 amide bonds. The van der Waals surface area contributed by atoms with Crippen molar-refractivity contribution in [1.82, 2.24) is 0 Å². The second-order valence-corrected chi connectivity index (χ2v) is 5.91. The highest BCUT2D eigenvalue weighted by Gasteiger charge is 2.17. The molecule has 0 saturated carbocycles. The number of halogens is 1. The van der Waals surface area contributed by atoms with Crippen molar-refractivity contribution in [2.45, 2.75) is 17.7 Å². The van der Waals surface area contributed by atoms with E-state index in [2.05, 4.69) is 0 Å². The second kappa shape index (κ2) is 4.43. The van der Waals surface area contributed by atoms with E-state index in [0.717, 1.165) is 6.26 Å². The molecule has 0 spiro atoms. The quantitative estimate of drug-likeness (QED) is 0.904. The Kier molecular flexibility index (Phi) is 3.60. The fraction of sp³-hybridized carbons (Fsp3) is 0.300. The van der Waals surface area contributed by atoms with Crippen LogP contribution in [0.15, 0.2) is 23.1 Å². The van der Waals surface area contributed by atoms with Crippen molar-refractivity contribution in [2.75, 3.05) is 6.26 Å². The third kappa shape index (κ3) is 2.74. The molecule has 0 radical (unpaired) electrons. The molecule has 1 rings (SSSR count). The van der Waals surface area contributed by atoms with Crippen LogP contribution in [0.1, 0.15) is 18.4 Å². The lowest BCUT2D eigenvalue weighted by molar-refractivity contribution is -0.138. The number of sulfone groups is 1. The molecule has 1 N–H and O–H groups in total. The van der Waals surface area contributed by atoms with Gasteiger partial charge in [0.1, 0.15) is 0 Å². The molecule has 0 aromatic heterocycles. The Morgan fingerprint density at radius 3 is 2.38 bits per heavy atom. The van der Waals surface area contributed by atoms with Crippen LogP contribution < -0.4 is 0 Å². The van der Waals surface area contributed by atoms with E-state index in [1.54, 1.807) is 0 Å². The minimum absolute atomic E-state index is 0.00973. The van der Waals surface area contributed by atoms with E-state index >= 15 is 0 Å². The maximum absolute atomic E-state index is 11.3. The van der Waals surface area contributed by atoms with Gasteiger partial charge in [-0.2, -0.15) is 0 Å². The number of carboxylic acids is 1. The highest BCUT2D eigenvalue weighted by molar-refractivity contribution is 7.90. The molecule has 1 atom stereocenters. The topological polar surface area (TPSA) is 71.4 Å². The van der Waals surface area contributed by atoms with Crippen LogP contribution in [0, 0.1) is 0 Å². The number of benzene rings is 1. The molecular weight excluding hydrogens is 252 g/mol. The summed E-state index contributed by atoms with van der Waals surface area (Å²) in [7, 11) is -3.38. The van der Waals surface area contributed by atoms with Gasteiger partial charge < -0.3 is 5.11 Å². The van der Waals surface area contributed by atoms with E-state index in [1.165, 1.54) is 25.1 Å². The normalized spacial score (nSPS) is 13.4. The van der Waals surface area contributed by atoms with Gasteiger partial charge >= 0.3 is 5.97 Å². The van der Waals surface area contributed by atoms with Gasteiger partial charge in [0.15, 0.2) is 9.84 Å². The van der Waals surface area contributed by atoms with Crippen molar-refractivity contribution < 1.29 is 18.3 Å². The molecule has 0 heterocycles. The molecule has 0 aliphatic heterocycles. The average molecular weight is 263 g/mol. The smallest absolute Gasteiger partial charge is 0.310 e. The summed E-state index contributed by atoms with van der Waals surface area (Å²) in [6, 6.07) is 4.16. The van der Waals surface area contributed by atoms with Crippen molar-refractivity contribution in [3.63, 3.8) is 0 Å². The summed E-state index contributed by atoms with van der Waals surface area (Å²) in [5.74, 6) is -1.70. The molecule has 88 valence electrons. The van der Waals surface area contributed by atoms with E-state index in [1.807, 2.05) is 0 Å². The first kappa shape index (κ1) is 13.0. The Morgan fingerprint density at radius 1 is 1.44 bits per heavy atom. The molecule has 0 aliphatic rings. The maximum atomic E-state index is 11.3. The van der Waals surface area contributed by atoms with Gasteiger partial charge in [-0.3, -0.25) is 4.79 Å². The zero-order valence-electron chi connectivity index (χ0n) is 8.77. The van der Waals surface area contributed by atoms with E-state index in [0.29, 0.717) is 5.56 Å². The molecule has 0 bridgehead atoms. The van der Waals surface area contributed by atoms with Crippen LogP contribution in [-0.2, 0) is 14.6 Å². The summed E-state index contributed by atoms with van der Waals surface area (Å²) in [5, 5.41) is 8.84. The summed E-state index contributed by atoms with van der Waals surface area (Å²) >= 11 is 5.79. The zero-order chi connectivity index (χ0) is 12.5. The Hall–Kier alpha value is -1.07. The first-order chi connectivity index (χ1) is 7.23. The molecule has 0 aliphatic carbocycles. The lowest BCUT2D eigenvalue weighted by Gasteiger charge is -2.08. The van der Waals surface area contributed by atoms with Crippen LogP contribution in [0.5, 0.6) is 0 Å². The van der Waals surface area contributed by atoms with Gasteiger partial charge in [0, 0.05) is 6.26 Å².